The highest BCUT2D eigenvalue weighted by molar-refractivity contribution is 5.25. The van der Waals surface area contributed by atoms with Gasteiger partial charge in [-0.1, -0.05) is 44.0 Å². The summed E-state index contributed by atoms with van der Waals surface area (Å²) in [6.07, 6.45) is 6.55. The number of methoxy groups -OCH3 is 1. The first-order valence-corrected chi connectivity index (χ1v) is 8.33. The summed E-state index contributed by atoms with van der Waals surface area (Å²) in [5.41, 5.74) is 8.70. The smallest absolute Gasteiger partial charge is 0.0713 e. The maximum absolute atomic E-state index is 6.13. The van der Waals surface area contributed by atoms with Crippen LogP contribution in [0.25, 0.3) is 0 Å². The van der Waals surface area contributed by atoms with E-state index in [0.717, 1.165) is 0 Å². The Morgan fingerprint density at radius 3 is 2.62 bits per heavy atom. The van der Waals surface area contributed by atoms with E-state index >= 15 is 0 Å². The molecule has 1 heterocycles. The number of rotatable bonds is 6. The monoisotopic (exact) mass is 290 g/mol. The molecule has 1 saturated heterocycles. The van der Waals surface area contributed by atoms with E-state index < -0.39 is 0 Å². The van der Waals surface area contributed by atoms with E-state index in [-0.39, 0.29) is 0 Å². The van der Waals surface area contributed by atoms with Gasteiger partial charge >= 0.3 is 0 Å². The highest BCUT2D eigenvalue weighted by Gasteiger charge is 2.26. The van der Waals surface area contributed by atoms with E-state index in [1.165, 1.54) is 49.8 Å². The molecule has 3 heteroatoms. The van der Waals surface area contributed by atoms with E-state index in [0.29, 0.717) is 25.2 Å². The van der Waals surface area contributed by atoms with Crippen molar-refractivity contribution in [3.8, 4) is 0 Å². The van der Waals surface area contributed by atoms with Crippen LogP contribution in [0.2, 0.25) is 0 Å². The highest BCUT2D eigenvalue weighted by Crippen LogP contribution is 2.29. The van der Waals surface area contributed by atoms with Gasteiger partial charge in [-0.15, -0.1) is 0 Å². The lowest BCUT2D eigenvalue weighted by atomic mass is 9.99. The van der Waals surface area contributed by atoms with Gasteiger partial charge in [0.15, 0.2) is 0 Å². The van der Waals surface area contributed by atoms with Crippen LogP contribution < -0.4 is 5.73 Å². The van der Waals surface area contributed by atoms with E-state index in [4.69, 9.17) is 10.5 Å². The Hall–Kier alpha value is -0.900. The first-order valence-electron chi connectivity index (χ1n) is 8.33. The van der Waals surface area contributed by atoms with E-state index in [2.05, 4.69) is 36.1 Å². The molecule has 2 N–H and O–H groups in total. The molecule has 2 atom stereocenters. The third-order valence-corrected chi connectivity index (χ3v) is 4.69. The van der Waals surface area contributed by atoms with Crippen molar-refractivity contribution in [1.82, 2.24) is 4.90 Å². The SMILES string of the molecule is CCC1CCCCCN1C(CN)c1ccc(COC)cc1. The summed E-state index contributed by atoms with van der Waals surface area (Å²) in [5, 5.41) is 0. The molecule has 0 radical (unpaired) electrons. The van der Waals surface area contributed by atoms with E-state index in [9.17, 15) is 0 Å². The molecule has 1 aromatic carbocycles. The fraction of sp³-hybridized carbons (Fsp3) is 0.667. The van der Waals surface area contributed by atoms with Gasteiger partial charge in [0.1, 0.15) is 0 Å². The molecular weight excluding hydrogens is 260 g/mol. The van der Waals surface area contributed by atoms with Gasteiger partial charge in [-0.3, -0.25) is 4.90 Å². The van der Waals surface area contributed by atoms with Crippen molar-refractivity contribution in [3.63, 3.8) is 0 Å². The lowest BCUT2D eigenvalue weighted by molar-refractivity contribution is 0.136. The summed E-state index contributed by atoms with van der Waals surface area (Å²) in [4.78, 5) is 2.65. The van der Waals surface area contributed by atoms with Gasteiger partial charge in [0.05, 0.1) is 6.61 Å². The van der Waals surface area contributed by atoms with Crippen LogP contribution in [0.1, 0.15) is 56.2 Å². The molecule has 3 nitrogen and oxygen atoms in total. The van der Waals surface area contributed by atoms with Crippen LogP contribution in [0.15, 0.2) is 24.3 Å². The molecule has 0 bridgehead atoms. The van der Waals surface area contributed by atoms with Gasteiger partial charge in [0.2, 0.25) is 0 Å². The number of hydrogen-bond donors (Lipinski definition) is 1. The third kappa shape index (κ3) is 4.29. The topological polar surface area (TPSA) is 38.5 Å². The van der Waals surface area contributed by atoms with Crippen molar-refractivity contribution in [1.29, 1.82) is 0 Å². The zero-order chi connectivity index (χ0) is 15.1. The number of nitrogens with zero attached hydrogens (tertiary/aromatic N) is 1. The highest BCUT2D eigenvalue weighted by atomic mass is 16.5. The molecule has 2 rings (SSSR count). The Balaban J connectivity index is 2.16. The average molecular weight is 290 g/mol. The van der Waals surface area contributed by atoms with E-state index in [1.54, 1.807) is 7.11 Å². The number of nitrogens with two attached hydrogens (primary N) is 1. The second-order valence-corrected chi connectivity index (χ2v) is 6.08. The Bertz CT molecular complexity index is 404. The fourth-order valence-electron chi connectivity index (χ4n) is 3.51. The summed E-state index contributed by atoms with van der Waals surface area (Å²) < 4.78 is 5.19. The van der Waals surface area contributed by atoms with E-state index in [1.807, 2.05) is 0 Å². The van der Waals surface area contributed by atoms with Crippen LogP contribution in [0.3, 0.4) is 0 Å². The molecule has 21 heavy (non-hydrogen) atoms. The zero-order valence-corrected chi connectivity index (χ0v) is 13.6. The average Bonchev–Trinajstić information content (AvgIpc) is 2.75. The number of hydrogen-bond acceptors (Lipinski definition) is 3. The third-order valence-electron chi connectivity index (χ3n) is 4.69. The minimum atomic E-state index is 0.352. The quantitative estimate of drug-likeness (QED) is 0.871. The molecule has 0 amide bonds. The van der Waals surface area contributed by atoms with Crippen molar-refractivity contribution in [2.24, 2.45) is 5.73 Å². The second kappa shape index (κ2) is 8.52. The predicted octanol–water partition coefficient (Wildman–Crippen LogP) is 3.49. The van der Waals surface area contributed by atoms with Crippen LogP contribution in [-0.4, -0.2) is 31.1 Å². The van der Waals surface area contributed by atoms with Crippen LogP contribution in [-0.2, 0) is 11.3 Å². The zero-order valence-electron chi connectivity index (χ0n) is 13.6. The maximum atomic E-state index is 6.13. The van der Waals surface area contributed by atoms with Crippen LogP contribution in [0, 0.1) is 0 Å². The first-order chi connectivity index (χ1) is 10.3. The summed E-state index contributed by atoms with van der Waals surface area (Å²) in [6.45, 7) is 4.85. The van der Waals surface area contributed by atoms with Gasteiger partial charge in [-0.25, -0.2) is 0 Å². The predicted molar refractivity (Wildman–Crippen MR) is 88.2 cm³/mol. The van der Waals surface area contributed by atoms with Gasteiger partial charge in [-0.2, -0.15) is 0 Å². The normalized spacial score (nSPS) is 22.0. The maximum Gasteiger partial charge on any atom is 0.0713 e. The lowest BCUT2D eigenvalue weighted by Gasteiger charge is -2.36. The Kier molecular flexibility index (Phi) is 6.68. The molecule has 118 valence electrons. The molecule has 0 aromatic heterocycles. The molecular formula is C18H30N2O. The minimum absolute atomic E-state index is 0.352. The molecule has 0 saturated carbocycles. The number of likely N-dealkylation sites (tertiary alicyclic amines) is 1. The standard InChI is InChI=1S/C18H30N2O/c1-3-17-7-5-4-6-12-20(17)18(13-19)16-10-8-15(9-11-16)14-21-2/h8-11,17-18H,3-7,12-14,19H2,1-2H3. The molecule has 0 aliphatic carbocycles. The van der Waals surface area contributed by atoms with Crippen molar-refractivity contribution >= 4 is 0 Å². The number of benzene rings is 1. The minimum Gasteiger partial charge on any atom is -0.380 e. The van der Waals surface area contributed by atoms with Crippen LogP contribution in [0.5, 0.6) is 0 Å². The summed E-state index contributed by atoms with van der Waals surface area (Å²) >= 11 is 0. The Morgan fingerprint density at radius 2 is 2.00 bits per heavy atom. The molecule has 2 unspecified atom stereocenters. The first kappa shape index (κ1) is 16.5. The summed E-state index contributed by atoms with van der Waals surface area (Å²) in [6, 6.07) is 9.82. The van der Waals surface area contributed by atoms with Crippen molar-refractivity contribution < 1.29 is 4.74 Å². The molecule has 1 fully saturated rings. The van der Waals surface area contributed by atoms with Gasteiger partial charge in [0, 0.05) is 25.7 Å². The lowest BCUT2D eigenvalue weighted by Crippen LogP contribution is -2.41. The second-order valence-electron chi connectivity index (χ2n) is 6.08. The Labute approximate surface area is 129 Å². The molecule has 1 aliphatic heterocycles. The van der Waals surface area contributed by atoms with Crippen LogP contribution in [0.4, 0.5) is 0 Å². The summed E-state index contributed by atoms with van der Waals surface area (Å²) in [7, 11) is 1.74. The number of ether oxygens (including phenoxy) is 1. The molecule has 0 spiro atoms. The fourth-order valence-corrected chi connectivity index (χ4v) is 3.51. The summed E-state index contributed by atoms with van der Waals surface area (Å²) in [5.74, 6) is 0. The Morgan fingerprint density at radius 1 is 1.24 bits per heavy atom. The van der Waals surface area contributed by atoms with Crippen molar-refractivity contribution in [2.45, 2.75) is 57.7 Å². The van der Waals surface area contributed by atoms with Gasteiger partial charge < -0.3 is 10.5 Å². The molecule has 1 aromatic rings. The van der Waals surface area contributed by atoms with Crippen LogP contribution >= 0.6 is 0 Å². The van der Waals surface area contributed by atoms with Crippen molar-refractivity contribution in [3.05, 3.63) is 35.4 Å². The van der Waals surface area contributed by atoms with Crippen molar-refractivity contribution in [2.75, 3.05) is 20.2 Å². The van der Waals surface area contributed by atoms with Gasteiger partial charge in [-0.05, 0) is 36.9 Å². The van der Waals surface area contributed by atoms with Gasteiger partial charge in [0.25, 0.3) is 0 Å². The largest absolute Gasteiger partial charge is 0.380 e. The molecule has 1 aliphatic rings.